The number of carbonyl (C=O) groups excluding carboxylic acids is 1. The molecule has 0 atom stereocenters. The molecule has 2 rings (SSSR count). The van der Waals surface area contributed by atoms with E-state index >= 15 is 0 Å². The van der Waals surface area contributed by atoms with E-state index in [4.69, 9.17) is 4.74 Å². The van der Waals surface area contributed by atoms with Crippen molar-refractivity contribution in [3.05, 3.63) is 28.2 Å². The second kappa shape index (κ2) is 6.20. The summed E-state index contributed by atoms with van der Waals surface area (Å²) in [6.07, 6.45) is 2.18. The molecule has 18 heavy (non-hydrogen) atoms. The minimum atomic E-state index is -0.0521. The number of halogens is 1. The van der Waals surface area contributed by atoms with Gasteiger partial charge in [-0.3, -0.25) is 4.79 Å². The van der Waals surface area contributed by atoms with E-state index < -0.39 is 0 Å². The van der Waals surface area contributed by atoms with Gasteiger partial charge in [0.1, 0.15) is 5.75 Å². The smallest absolute Gasteiger partial charge is 0.258 e. The van der Waals surface area contributed by atoms with Crippen LogP contribution in [-0.2, 0) is 11.3 Å². The predicted molar refractivity (Wildman–Crippen MR) is 73.6 cm³/mol. The third-order valence-corrected chi connectivity index (χ3v) is 3.30. The molecule has 98 valence electrons. The van der Waals surface area contributed by atoms with Gasteiger partial charge in [0, 0.05) is 12.6 Å². The minimum absolute atomic E-state index is 0.0521. The average Bonchev–Trinajstić information content (AvgIpc) is 3.12. The highest BCUT2D eigenvalue weighted by Gasteiger charge is 2.23. The Morgan fingerprint density at radius 2 is 2.28 bits per heavy atom. The molecule has 5 heteroatoms. The Labute approximate surface area is 115 Å². The van der Waals surface area contributed by atoms with Crippen LogP contribution in [0.3, 0.4) is 0 Å². The van der Waals surface area contributed by atoms with Crippen molar-refractivity contribution < 1.29 is 9.53 Å². The number of amides is 1. The zero-order valence-corrected chi connectivity index (χ0v) is 11.9. The molecule has 0 saturated heterocycles. The molecule has 1 aromatic carbocycles. The number of ether oxygens (including phenoxy) is 1. The van der Waals surface area contributed by atoms with E-state index in [-0.39, 0.29) is 12.5 Å². The van der Waals surface area contributed by atoms with Crippen LogP contribution in [0.15, 0.2) is 22.7 Å². The summed E-state index contributed by atoms with van der Waals surface area (Å²) in [4.78, 5) is 11.5. The summed E-state index contributed by atoms with van der Waals surface area (Å²) in [6, 6.07) is 6.23. The molecule has 4 nitrogen and oxygen atoms in total. The summed E-state index contributed by atoms with van der Waals surface area (Å²) in [5.74, 6) is 0.643. The normalized spacial score (nSPS) is 14.3. The molecule has 0 spiro atoms. The topological polar surface area (TPSA) is 50.4 Å². The van der Waals surface area contributed by atoms with Gasteiger partial charge < -0.3 is 15.4 Å². The van der Waals surface area contributed by atoms with Gasteiger partial charge in [-0.25, -0.2) is 0 Å². The SMILES string of the molecule is CNCc1ccc(OCC(=O)NC2CC2)c(Br)c1. The van der Waals surface area contributed by atoms with Crippen molar-refractivity contribution in [3.63, 3.8) is 0 Å². The molecule has 1 fully saturated rings. The van der Waals surface area contributed by atoms with Crippen LogP contribution in [0.2, 0.25) is 0 Å². The first-order valence-electron chi connectivity index (χ1n) is 6.04. The van der Waals surface area contributed by atoms with Crippen molar-refractivity contribution in [1.82, 2.24) is 10.6 Å². The van der Waals surface area contributed by atoms with Crippen molar-refractivity contribution >= 4 is 21.8 Å². The predicted octanol–water partition coefficient (Wildman–Crippen LogP) is 1.83. The quantitative estimate of drug-likeness (QED) is 0.842. The van der Waals surface area contributed by atoms with Gasteiger partial charge in [0.25, 0.3) is 5.91 Å². The first-order valence-corrected chi connectivity index (χ1v) is 6.83. The molecule has 0 bridgehead atoms. The Kier molecular flexibility index (Phi) is 4.60. The lowest BCUT2D eigenvalue weighted by Crippen LogP contribution is -2.30. The molecule has 0 aromatic heterocycles. The van der Waals surface area contributed by atoms with Gasteiger partial charge in [-0.05, 0) is 53.5 Å². The number of nitrogens with one attached hydrogen (secondary N) is 2. The molecule has 1 saturated carbocycles. The highest BCUT2D eigenvalue weighted by Crippen LogP contribution is 2.26. The Bertz CT molecular complexity index is 433. The minimum Gasteiger partial charge on any atom is -0.483 e. The summed E-state index contributed by atoms with van der Waals surface area (Å²) in [7, 11) is 1.90. The first-order chi connectivity index (χ1) is 8.69. The lowest BCUT2D eigenvalue weighted by Gasteiger charge is -2.09. The van der Waals surface area contributed by atoms with E-state index in [2.05, 4.69) is 26.6 Å². The van der Waals surface area contributed by atoms with Crippen molar-refractivity contribution in [1.29, 1.82) is 0 Å². The van der Waals surface area contributed by atoms with E-state index in [1.54, 1.807) is 0 Å². The fourth-order valence-corrected chi connectivity index (χ4v) is 2.16. The van der Waals surface area contributed by atoms with Gasteiger partial charge in [0.2, 0.25) is 0 Å². The summed E-state index contributed by atoms with van der Waals surface area (Å²) in [6.45, 7) is 0.877. The van der Waals surface area contributed by atoms with E-state index in [1.165, 1.54) is 5.56 Å². The van der Waals surface area contributed by atoms with E-state index in [9.17, 15) is 4.79 Å². The maximum Gasteiger partial charge on any atom is 0.258 e. The zero-order valence-electron chi connectivity index (χ0n) is 10.3. The first kappa shape index (κ1) is 13.4. The van der Waals surface area contributed by atoms with Crippen LogP contribution in [0.1, 0.15) is 18.4 Å². The number of benzene rings is 1. The lowest BCUT2D eigenvalue weighted by atomic mass is 10.2. The molecule has 2 N–H and O–H groups in total. The fraction of sp³-hybridized carbons (Fsp3) is 0.462. The number of hydrogen-bond acceptors (Lipinski definition) is 3. The number of rotatable bonds is 6. The van der Waals surface area contributed by atoms with E-state index in [0.717, 1.165) is 23.9 Å². The van der Waals surface area contributed by atoms with Crippen molar-refractivity contribution in [3.8, 4) is 5.75 Å². The van der Waals surface area contributed by atoms with Crippen LogP contribution < -0.4 is 15.4 Å². The third-order valence-electron chi connectivity index (χ3n) is 2.68. The zero-order chi connectivity index (χ0) is 13.0. The molecule has 1 aromatic rings. The van der Waals surface area contributed by atoms with Crippen molar-refractivity contribution in [2.75, 3.05) is 13.7 Å². The van der Waals surface area contributed by atoms with Gasteiger partial charge in [0.05, 0.1) is 4.47 Å². The van der Waals surface area contributed by atoms with E-state index in [1.807, 2.05) is 25.2 Å². The van der Waals surface area contributed by atoms with Gasteiger partial charge in [-0.1, -0.05) is 6.07 Å². The average molecular weight is 313 g/mol. The Morgan fingerprint density at radius 1 is 1.50 bits per heavy atom. The Morgan fingerprint density at radius 3 is 2.89 bits per heavy atom. The Balaban J connectivity index is 1.86. The van der Waals surface area contributed by atoms with Gasteiger partial charge in [0.15, 0.2) is 6.61 Å². The van der Waals surface area contributed by atoms with Crippen LogP contribution in [0.25, 0.3) is 0 Å². The summed E-state index contributed by atoms with van der Waals surface area (Å²) >= 11 is 3.45. The summed E-state index contributed by atoms with van der Waals surface area (Å²) < 4.78 is 6.35. The van der Waals surface area contributed by atoms with Crippen molar-refractivity contribution in [2.24, 2.45) is 0 Å². The van der Waals surface area contributed by atoms with Crippen molar-refractivity contribution in [2.45, 2.75) is 25.4 Å². The molecule has 1 aliphatic rings. The van der Waals surface area contributed by atoms with Gasteiger partial charge >= 0.3 is 0 Å². The Hall–Kier alpha value is -1.07. The van der Waals surface area contributed by atoms with Crippen LogP contribution in [0.4, 0.5) is 0 Å². The van der Waals surface area contributed by atoms with Crippen LogP contribution in [0.5, 0.6) is 5.75 Å². The van der Waals surface area contributed by atoms with Crippen LogP contribution >= 0.6 is 15.9 Å². The molecule has 0 heterocycles. The standard InChI is InChI=1S/C13H17BrN2O2/c1-15-7-9-2-5-12(11(14)6-9)18-8-13(17)16-10-3-4-10/h2,5-6,10,15H,3-4,7-8H2,1H3,(H,16,17). The molecular weight excluding hydrogens is 296 g/mol. The maximum atomic E-state index is 11.5. The van der Waals surface area contributed by atoms with Crippen LogP contribution in [-0.4, -0.2) is 25.6 Å². The lowest BCUT2D eigenvalue weighted by molar-refractivity contribution is -0.123. The summed E-state index contributed by atoms with van der Waals surface area (Å²) in [5.41, 5.74) is 1.17. The molecule has 1 aliphatic carbocycles. The monoisotopic (exact) mass is 312 g/mol. The summed E-state index contributed by atoms with van der Waals surface area (Å²) in [5, 5.41) is 5.97. The number of carbonyl (C=O) groups is 1. The molecule has 0 radical (unpaired) electrons. The number of hydrogen-bond donors (Lipinski definition) is 2. The maximum absolute atomic E-state index is 11.5. The second-order valence-corrected chi connectivity index (χ2v) is 5.28. The van der Waals surface area contributed by atoms with Crippen LogP contribution in [0, 0.1) is 0 Å². The molecule has 0 aliphatic heterocycles. The third kappa shape index (κ3) is 3.99. The highest BCUT2D eigenvalue weighted by molar-refractivity contribution is 9.10. The van der Waals surface area contributed by atoms with Gasteiger partial charge in [-0.2, -0.15) is 0 Å². The largest absolute Gasteiger partial charge is 0.483 e. The van der Waals surface area contributed by atoms with Gasteiger partial charge in [-0.15, -0.1) is 0 Å². The highest BCUT2D eigenvalue weighted by atomic mass is 79.9. The second-order valence-electron chi connectivity index (χ2n) is 4.43. The fourth-order valence-electron chi connectivity index (χ4n) is 1.62. The molecular formula is C13H17BrN2O2. The van der Waals surface area contributed by atoms with E-state index in [0.29, 0.717) is 11.8 Å². The molecule has 0 unspecified atom stereocenters. The molecule has 1 amide bonds.